The lowest BCUT2D eigenvalue weighted by molar-refractivity contribution is -0.765. The molecule has 3 heteroatoms. The van der Waals surface area contributed by atoms with Gasteiger partial charge in [-0.05, 0) is 26.2 Å². The van der Waals surface area contributed by atoms with Gasteiger partial charge in [0, 0.05) is 17.6 Å². The molecule has 1 aromatic carbocycles. The van der Waals surface area contributed by atoms with E-state index in [0.717, 1.165) is 8.08 Å². The van der Waals surface area contributed by atoms with E-state index in [0.29, 0.717) is 6.04 Å². The number of thiocarbonyl (C=S) groups is 1. The number of nitrogens with zero attached hydrogens (tertiary/aromatic N) is 1. The highest BCUT2D eigenvalue weighted by Crippen LogP contribution is 2.52. The van der Waals surface area contributed by atoms with Gasteiger partial charge in [-0.3, -0.25) is 0 Å². The van der Waals surface area contributed by atoms with Crippen LogP contribution in [0.4, 0.5) is 0 Å². The number of allylic oxidation sites excluding steroid dienone is 1. The smallest absolute Gasteiger partial charge is 0.138 e. The van der Waals surface area contributed by atoms with Crippen molar-refractivity contribution in [1.82, 2.24) is 0 Å². The van der Waals surface area contributed by atoms with E-state index in [-0.39, 0.29) is 0 Å². The quantitative estimate of drug-likeness (QED) is 0.426. The van der Waals surface area contributed by atoms with Crippen molar-refractivity contribution in [3.63, 3.8) is 0 Å². The Morgan fingerprint density at radius 3 is 2.58 bits per heavy atom. The molecule has 1 aromatic rings. The molecule has 0 radical (unpaired) electrons. The summed E-state index contributed by atoms with van der Waals surface area (Å²) in [5, 5.41) is 0. The lowest BCUT2D eigenvalue weighted by Crippen LogP contribution is -2.36. The summed E-state index contributed by atoms with van der Waals surface area (Å²) in [5.41, 5.74) is 4.47. The Morgan fingerprint density at radius 1 is 1.16 bits per heavy atom. The summed E-state index contributed by atoms with van der Waals surface area (Å²) in [7, 11) is 2.34. The zero-order chi connectivity index (χ0) is 13.5. The first kappa shape index (κ1) is 13.3. The highest BCUT2D eigenvalue weighted by atomic mass is 32.2. The Balaban J connectivity index is 2.00. The van der Waals surface area contributed by atoms with Crippen molar-refractivity contribution in [3.8, 4) is 0 Å². The summed E-state index contributed by atoms with van der Waals surface area (Å²) in [6.45, 7) is 2.33. The molecule has 0 aromatic heterocycles. The molecule has 3 rings (SSSR count). The lowest BCUT2D eigenvalue weighted by Gasteiger charge is -2.36. The van der Waals surface area contributed by atoms with E-state index in [1.54, 1.807) is 5.70 Å². The Labute approximate surface area is 125 Å². The molecule has 0 amide bonds. The van der Waals surface area contributed by atoms with Crippen LogP contribution in [-0.4, -0.2) is 15.1 Å². The van der Waals surface area contributed by atoms with Crippen molar-refractivity contribution < 1.29 is 3.89 Å². The lowest BCUT2D eigenvalue weighted by atomic mass is 9.95. The van der Waals surface area contributed by atoms with Crippen LogP contribution in [0.5, 0.6) is 0 Å². The van der Waals surface area contributed by atoms with Crippen LogP contribution in [0, 0.1) is 0 Å². The van der Waals surface area contributed by atoms with Gasteiger partial charge in [-0.15, -0.1) is 0 Å². The summed E-state index contributed by atoms with van der Waals surface area (Å²) in [6.07, 6.45) is 5.03. The van der Waals surface area contributed by atoms with E-state index in [1.807, 2.05) is 11.9 Å². The largest absolute Gasteiger partial charge is 0.224 e. The molecule has 1 aliphatic heterocycles. The Kier molecular flexibility index (Phi) is 3.54. The maximum atomic E-state index is 5.62. The Hall–Kier alpha value is -0.640. The number of benzene rings is 1. The molecule has 2 aliphatic rings. The second kappa shape index (κ2) is 5.04. The number of rotatable bonds is 2. The molecule has 0 unspecified atom stereocenters. The average Bonchev–Trinajstić information content (AvgIpc) is 2.72. The zero-order valence-corrected chi connectivity index (χ0v) is 13.2. The van der Waals surface area contributed by atoms with Crippen molar-refractivity contribution in [1.29, 1.82) is 0 Å². The summed E-state index contributed by atoms with van der Waals surface area (Å²) < 4.78 is 2.07. The van der Waals surface area contributed by atoms with Crippen LogP contribution in [0.1, 0.15) is 44.2 Å². The molecule has 0 spiro atoms. The average molecular weight is 290 g/mol. The molecule has 0 fully saturated rings. The van der Waals surface area contributed by atoms with Crippen LogP contribution >= 0.6 is 24.2 Å². The van der Waals surface area contributed by atoms with Crippen molar-refractivity contribution in [2.24, 2.45) is 0 Å². The molecule has 19 heavy (non-hydrogen) atoms. The van der Waals surface area contributed by atoms with Gasteiger partial charge in [0.05, 0.1) is 7.05 Å². The number of quaternary nitrogens is 1. The van der Waals surface area contributed by atoms with Crippen LogP contribution in [0.2, 0.25) is 0 Å². The number of hydrogen-bond acceptors (Lipinski definition) is 2. The zero-order valence-electron chi connectivity index (χ0n) is 11.6. The first-order chi connectivity index (χ1) is 9.13. The molecule has 0 saturated carbocycles. The van der Waals surface area contributed by atoms with Gasteiger partial charge in [0.15, 0.2) is 0 Å². The maximum absolute atomic E-state index is 5.62. The monoisotopic (exact) mass is 290 g/mol. The predicted molar refractivity (Wildman–Crippen MR) is 86.7 cm³/mol. The van der Waals surface area contributed by atoms with E-state index in [4.69, 9.17) is 12.2 Å². The third kappa shape index (κ3) is 2.18. The van der Waals surface area contributed by atoms with Crippen molar-refractivity contribution in [2.75, 3.05) is 7.05 Å². The molecule has 0 bridgehead atoms. The first-order valence-corrected chi connectivity index (χ1v) is 8.19. The fourth-order valence-electron chi connectivity index (χ4n) is 3.21. The predicted octanol–water partition coefficient (Wildman–Crippen LogP) is 5.01. The van der Waals surface area contributed by atoms with E-state index in [9.17, 15) is 0 Å². The Morgan fingerprint density at radius 2 is 1.84 bits per heavy atom. The highest BCUT2D eigenvalue weighted by Gasteiger charge is 2.47. The minimum atomic E-state index is 0.453. The van der Waals surface area contributed by atoms with Gasteiger partial charge in [0.2, 0.25) is 0 Å². The van der Waals surface area contributed by atoms with Gasteiger partial charge in [-0.1, -0.05) is 42.5 Å². The standard InChI is InChI=1S/C16H20NS2/c1-12(13-8-4-3-5-9-13)17(2)15-11-7-6-10-14(15)16(18)19-17/h3-5,8-9,12H,6-7,10-11H2,1-2H3/q+1/t12-,17-/m1/s1. The first-order valence-electron chi connectivity index (χ1n) is 7.00. The fraction of sp³-hybridized carbons (Fsp3) is 0.438. The van der Waals surface area contributed by atoms with Gasteiger partial charge in [0.1, 0.15) is 27.9 Å². The molecule has 1 nitrogen and oxygen atoms in total. The van der Waals surface area contributed by atoms with Gasteiger partial charge >= 0.3 is 0 Å². The van der Waals surface area contributed by atoms with Gasteiger partial charge in [-0.2, -0.15) is 0 Å². The van der Waals surface area contributed by atoms with E-state index < -0.39 is 0 Å². The maximum Gasteiger partial charge on any atom is 0.138 e. The molecular formula is C16H20NS2+. The summed E-state index contributed by atoms with van der Waals surface area (Å²) >= 11 is 7.50. The topological polar surface area (TPSA) is 0 Å². The van der Waals surface area contributed by atoms with Crippen molar-refractivity contribution >= 4 is 28.4 Å². The molecule has 2 atom stereocenters. The SMILES string of the molecule is C[C@H](c1ccccc1)[N@@+]1(C)SC(=S)C2=C1CCCC2. The number of hydrogen-bond donors (Lipinski definition) is 0. The highest BCUT2D eigenvalue weighted by molar-refractivity contribution is 8.20. The second-order valence-corrected chi connectivity index (χ2v) is 7.60. The van der Waals surface area contributed by atoms with Crippen molar-refractivity contribution in [3.05, 3.63) is 47.2 Å². The molecule has 100 valence electrons. The van der Waals surface area contributed by atoms with Crippen LogP contribution in [0.15, 0.2) is 41.6 Å². The normalized spacial score (nSPS) is 28.4. The molecule has 1 heterocycles. The van der Waals surface area contributed by atoms with E-state index >= 15 is 0 Å². The second-order valence-electron chi connectivity index (χ2n) is 5.59. The third-order valence-electron chi connectivity index (χ3n) is 4.51. The molecule has 0 N–H and O–H groups in total. The molecule has 1 aliphatic carbocycles. The van der Waals surface area contributed by atoms with Gasteiger partial charge in [-0.25, -0.2) is 3.89 Å². The minimum Gasteiger partial charge on any atom is -0.224 e. The van der Waals surface area contributed by atoms with Crippen LogP contribution in [0.3, 0.4) is 0 Å². The molecular weight excluding hydrogens is 270 g/mol. The van der Waals surface area contributed by atoms with Gasteiger partial charge in [0.25, 0.3) is 0 Å². The summed E-state index contributed by atoms with van der Waals surface area (Å²) in [6, 6.07) is 11.3. The van der Waals surface area contributed by atoms with E-state index in [2.05, 4.69) is 44.3 Å². The van der Waals surface area contributed by atoms with Crippen LogP contribution in [-0.2, 0) is 0 Å². The van der Waals surface area contributed by atoms with Gasteiger partial charge < -0.3 is 0 Å². The summed E-state index contributed by atoms with van der Waals surface area (Å²) in [5.74, 6) is 0. The minimum absolute atomic E-state index is 0.453. The fourth-order valence-corrected chi connectivity index (χ4v) is 5.16. The van der Waals surface area contributed by atoms with Crippen LogP contribution in [0.25, 0.3) is 0 Å². The van der Waals surface area contributed by atoms with Crippen LogP contribution < -0.4 is 0 Å². The van der Waals surface area contributed by atoms with Crippen molar-refractivity contribution in [2.45, 2.75) is 38.6 Å². The molecule has 0 saturated heterocycles. The summed E-state index contributed by atoms with van der Waals surface area (Å²) in [4.78, 5) is 0. The van der Waals surface area contributed by atoms with E-state index in [1.165, 1.54) is 36.8 Å². The Bertz CT molecular complexity index is 535. The third-order valence-corrected chi connectivity index (χ3v) is 6.31.